The second-order valence-electron chi connectivity index (χ2n) is 5.94. The van der Waals surface area contributed by atoms with Gasteiger partial charge in [-0.15, -0.1) is 23.2 Å². The van der Waals surface area contributed by atoms with Crippen molar-refractivity contribution in [2.45, 2.75) is 17.7 Å². The van der Waals surface area contributed by atoms with Crippen molar-refractivity contribution >= 4 is 34.8 Å². The summed E-state index contributed by atoms with van der Waals surface area (Å²) in [5.41, 5.74) is -0.0812. The summed E-state index contributed by atoms with van der Waals surface area (Å²) in [4.78, 5) is 16.2. The number of rotatable bonds is 2. The topological polar surface area (TPSA) is 23.6 Å². The van der Waals surface area contributed by atoms with Gasteiger partial charge in [-0.25, -0.2) is 4.39 Å². The van der Waals surface area contributed by atoms with Gasteiger partial charge in [0.25, 0.3) is 0 Å². The number of carbonyl (C=O) groups excluding carboxylic acids is 1. The Balaban J connectivity index is 1.64. The van der Waals surface area contributed by atoms with Crippen molar-refractivity contribution in [2.75, 3.05) is 31.1 Å². The van der Waals surface area contributed by atoms with Gasteiger partial charge in [0, 0.05) is 26.2 Å². The lowest BCUT2D eigenvalue weighted by molar-refractivity contribution is -0.136. The lowest BCUT2D eigenvalue weighted by atomic mass is 10.1. The van der Waals surface area contributed by atoms with E-state index in [1.54, 1.807) is 24.0 Å². The first-order valence-corrected chi connectivity index (χ1v) is 7.77. The molecule has 1 aromatic carbocycles. The number of hydrogen-bond acceptors (Lipinski definition) is 2. The van der Waals surface area contributed by atoms with E-state index in [0.29, 0.717) is 38.3 Å². The summed E-state index contributed by atoms with van der Waals surface area (Å²) in [6.45, 7) is 4.15. The van der Waals surface area contributed by atoms with Crippen LogP contribution in [0.1, 0.15) is 13.3 Å². The van der Waals surface area contributed by atoms with Crippen LogP contribution in [0.5, 0.6) is 0 Å². The fraction of sp³-hybridized carbons (Fsp3) is 0.533. The van der Waals surface area contributed by atoms with E-state index in [9.17, 15) is 9.18 Å². The van der Waals surface area contributed by atoms with E-state index in [2.05, 4.69) is 0 Å². The van der Waals surface area contributed by atoms with Crippen LogP contribution in [-0.4, -0.2) is 41.3 Å². The zero-order valence-electron chi connectivity index (χ0n) is 11.8. The Hall–Kier alpha value is -1.000. The molecule has 1 atom stereocenters. The molecule has 1 amide bonds. The van der Waals surface area contributed by atoms with Gasteiger partial charge in [0.1, 0.15) is 10.2 Å². The van der Waals surface area contributed by atoms with Crippen LogP contribution in [0.15, 0.2) is 24.3 Å². The number of amides is 1. The Kier molecular flexibility index (Phi) is 3.57. The van der Waals surface area contributed by atoms with Gasteiger partial charge in [-0.1, -0.05) is 12.1 Å². The number of benzene rings is 1. The highest BCUT2D eigenvalue weighted by Gasteiger charge is 2.68. The predicted octanol–water partition coefficient (Wildman–Crippen LogP) is 3.06. The summed E-state index contributed by atoms with van der Waals surface area (Å²) in [7, 11) is 0. The van der Waals surface area contributed by atoms with Crippen LogP contribution in [0.2, 0.25) is 0 Å². The molecule has 3 rings (SSSR count). The van der Waals surface area contributed by atoms with Gasteiger partial charge >= 0.3 is 0 Å². The standard InChI is InChI=1S/C15H17Cl2FN2O/c1-14(10-15(14,16)17)13(21)20-8-6-19(7-9-20)12-5-3-2-4-11(12)18/h2-5H,6-10H2,1H3. The maximum absolute atomic E-state index is 13.8. The molecule has 0 aromatic heterocycles. The number of nitrogens with zero attached hydrogens (tertiary/aromatic N) is 2. The molecule has 1 saturated carbocycles. The van der Waals surface area contributed by atoms with E-state index in [0.717, 1.165) is 0 Å². The molecule has 0 spiro atoms. The third-order valence-electron chi connectivity index (χ3n) is 4.49. The fourth-order valence-corrected chi connectivity index (χ4v) is 3.54. The molecule has 1 aromatic rings. The largest absolute Gasteiger partial charge is 0.366 e. The third kappa shape index (κ3) is 2.49. The van der Waals surface area contributed by atoms with Gasteiger partial charge in [0.2, 0.25) is 5.91 Å². The smallest absolute Gasteiger partial charge is 0.231 e. The average Bonchev–Trinajstić information content (AvgIpc) is 2.99. The number of hydrogen-bond donors (Lipinski definition) is 0. The minimum Gasteiger partial charge on any atom is -0.366 e. The monoisotopic (exact) mass is 330 g/mol. The molecule has 0 bridgehead atoms. The highest BCUT2D eigenvalue weighted by atomic mass is 35.5. The van der Waals surface area contributed by atoms with E-state index < -0.39 is 9.75 Å². The van der Waals surface area contributed by atoms with E-state index in [1.807, 2.05) is 11.0 Å². The Labute approximate surface area is 133 Å². The maximum Gasteiger partial charge on any atom is 0.231 e. The van der Waals surface area contributed by atoms with Gasteiger partial charge in [-0.3, -0.25) is 4.79 Å². The minimum absolute atomic E-state index is 0.000633. The number of anilines is 1. The van der Waals surface area contributed by atoms with Crippen molar-refractivity contribution < 1.29 is 9.18 Å². The van der Waals surface area contributed by atoms with Crippen LogP contribution in [0.4, 0.5) is 10.1 Å². The first-order chi connectivity index (χ1) is 9.85. The molecule has 0 N–H and O–H groups in total. The van der Waals surface area contributed by atoms with Crippen LogP contribution >= 0.6 is 23.2 Å². The molecule has 114 valence electrons. The fourth-order valence-electron chi connectivity index (χ4n) is 2.84. The Morgan fingerprint density at radius 1 is 1.19 bits per heavy atom. The van der Waals surface area contributed by atoms with Crippen LogP contribution in [0.3, 0.4) is 0 Å². The summed E-state index contributed by atoms with van der Waals surface area (Å²) in [5.74, 6) is -0.229. The number of para-hydroxylation sites is 1. The first-order valence-electron chi connectivity index (χ1n) is 7.02. The van der Waals surface area contributed by atoms with E-state index in [1.165, 1.54) is 6.07 Å². The van der Waals surface area contributed by atoms with Gasteiger partial charge < -0.3 is 9.80 Å². The van der Waals surface area contributed by atoms with Crippen LogP contribution < -0.4 is 4.90 Å². The number of halogens is 3. The molecular weight excluding hydrogens is 314 g/mol. The first kappa shape index (κ1) is 14.9. The van der Waals surface area contributed by atoms with Crippen LogP contribution in [0, 0.1) is 11.2 Å². The van der Waals surface area contributed by atoms with Gasteiger partial charge in [0.05, 0.1) is 11.1 Å². The maximum atomic E-state index is 13.8. The lowest BCUT2D eigenvalue weighted by Gasteiger charge is -2.37. The predicted molar refractivity (Wildman–Crippen MR) is 82.4 cm³/mol. The molecule has 3 nitrogen and oxygen atoms in total. The van der Waals surface area contributed by atoms with Crippen molar-refractivity contribution in [1.29, 1.82) is 0 Å². The molecule has 21 heavy (non-hydrogen) atoms. The van der Waals surface area contributed by atoms with Crippen molar-refractivity contribution in [3.63, 3.8) is 0 Å². The normalized spacial score (nSPS) is 27.6. The minimum atomic E-state index is -0.938. The molecule has 1 aliphatic heterocycles. The Bertz CT molecular complexity index is 573. The van der Waals surface area contributed by atoms with Crippen LogP contribution in [0.25, 0.3) is 0 Å². The zero-order chi connectivity index (χ0) is 15.3. The van der Waals surface area contributed by atoms with E-state index in [4.69, 9.17) is 23.2 Å². The molecule has 2 aliphatic rings. The highest BCUT2D eigenvalue weighted by Crippen LogP contribution is 2.64. The molecule has 1 aliphatic carbocycles. The second-order valence-corrected chi connectivity index (χ2v) is 7.43. The number of alkyl halides is 2. The quantitative estimate of drug-likeness (QED) is 0.778. The van der Waals surface area contributed by atoms with Gasteiger partial charge in [-0.05, 0) is 25.5 Å². The van der Waals surface area contributed by atoms with Crippen molar-refractivity contribution in [2.24, 2.45) is 5.41 Å². The number of carbonyl (C=O) groups is 1. The van der Waals surface area contributed by atoms with E-state index >= 15 is 0 Å². The molecule has 2 fully saturated rings. The van der Waals surface area contributed by atoms with Crippen molar-refractivity contribution in [3.05, 3.63) is 30.1 Å². The average molecular weight is 331 g/mol. The molecule has 6 heteroatoms. The summed E-state index contributed by atoms with van der Waals surface area (Å²) in [6, 6.07) is 6.70. The molecule has 1 saturated heterocycles. The highest BCUT2D eigenvalue weighted by molar-refractivity contribution is 6.53. The molecule has 0 radical (unpaired) electrons. The Morgan fingerprint density at radius 3 is 2.29 bits per heavy atom. The SMILES string of the molecule is CC1(C(=O)N2CCN(c3ccccc3F)CC2)CC1(Cl)Cl. The van der Waals surface area contributed by atoms with Gasteiger partial charge in [-0.2, -0.15) is 0 Å². The van der Waals surface area contributed by atoms with Crippen molar-refractivity contribution in [3.8, 4) is 0 Å². The third-order valence-corrected chi connectivity index (χ3v) is 5.59. The number of piperazine rings is 1. The van der Waals surface area contributed by atoms with E-state index in [-0.39, 0.29) is 11.7 Å². The summed E-state index contributed by atoms with van der Waals surface area (Å²) >= 11 is 12.1. The summed E-state index contributed by atoms with van der Waals surface area (Å²) in [6.07, 6.45) is 0.496. The summed E-state index contributed by atoms with van der Waals surface area (Å²) < 4.78 is 12.8. The second kappa shape index (κ2) is 5.03. The van der Waals surface area contributed by atoms with Gasteiger partial charge in [0.15, 0.2) is 0 Å². The molecule has 1 unspecified atom stereocenters. The molecular formula is C15H17Cl2FN2O. The Morgan fingerprint density at radius 2 is 1.76 bits per heavy atom. The van der Waals surface area contributed by atoms with Crippen LogP contribution in [-0.2, 0) is 4.79 Å². The summed E-state index contributed by atoms with van der Waals surface area (Å²) in [5, 5.41) is 0. The van der Waals surface area contributed by atoms with Crippen molar-refractivity contribution in [1.82, 2.24) is 4.90 Å². The lowest BCUT2D eigenvalue weighted by Crippen LogP contribution is -2.51. The zero-order valence-corrected chi connectivity index (χ0v) is 13.3. The molecule has 1 heterocycles.